The first-order valence-corrected chi connectivity index (χ1v) is 9.12. The molecule has 9 heteroatoms. The number of benzene rings is 1. The molecule has 5 nitrogen and oxygen atoms in total. The zero-order chi connectivity index (χ0) is 19.8. The van der Waals surface area contributed by atoms with Gasteiger partial charge in [0.1, 0.15) is 5.01 Å². The molecule has 1 N–H and O–H groups in total. The predicted molar refractivity (Wildman–Crippen MR) is 93.2 cm³/mol. The van der Waals surface area contributed by atoms with E-state index < -0.39 is 43.0 Å². The lowest BCUT2D eigenvalue weighted by Gasteiger charge is -2.18. The van der Waals surface area contributed by atoms with Crippen LogP contribution in [0.4, 0.5) is 13.2 Å². The summed E-state index contributed by atoms with van der Waals surface area (Å²) in [5.41, 5.74) is 2.46. The normalized spacial score (nSPS) is 20.1. The van der Waals surface area contributed by atoms with Crippen molar-refractivity contribution in [2.45, 2.75) is 19.5 Å². The molecule has 2 atom stereocenters. The number of alkyl halides is 3. The molecule has 0 saturated carbocycles. The molecule has 0 unspecified atom stereocenters. The maximum Gasteiger partial charge on any atom is 0.394 e. The van der Waals surface area contributed by atoms with Crippen LogP contribution in [0, 0.1) is 18.8 Å². The highest BCUT2D eigenvalue weighted by Crippen LogP contribution is 2.38. The third-order valence-corrected chi connectivity index (χ3v) is 5.53. The van der Waals surface area contributed by atoms with E-state index in [9.17, 15) is 22.8 Å². The Labute approximate surface area is 157 Å². The molecule has 1 amide bonds. The molecule has 0 radical (unpaired) electrons. The monoisotopic (exact) mass is 398 g/mol. The van der Waals surface area contributed by atoms with Crippen LogP contribution in [0.25, 0.3) is 10.6 Å². The largest absolute Gasteiger partial charge is 0.481 e. The number of hydrogen-bond acceptors (Lipinski definition) is 4. The van der Waals surface area contributed by atoms with Gasteiger partial charge in [0.2, 0.25) is 5.91 Å². The zero-order valence-corrected chi connectivity index (χ0v) is 15.2. The molecule has 0 bridgehead atoms. The minimum absolute atomic E-state index is 0.153. The number of halogens is 3. The number of thiazole rings is 1. The van der Waals surface area contributed by atoms with E-state index in [0.29, 0.717) is 5.69 Å². The van der Waals surface area contributed by atoms with Crippen LogP contribution in [-0.4, -0.2) is 46.1 Å². The molecule has 1 fully saturated rings. The summed E-state index contributed by atoms with van der Waals surface area (Å²) in [6.45, 7) is 0.895. The maximum absolute atomic E-state index is 13.0. The summed E-state index contributed by atoms with van der Waals surface area (Å²) in [5, 5.41) is 11.4. The fourth-order valence-electron chi connectivity index (χ4n) is 3.07. The van der Waals surface area contributed by atoms with Crippen molar-refractivity contribution >= 4 is 23.2 Å². The number of aliphatic carboxylic acids is 1. The van der Waals surface area contributed by atoms with Crippen LogP contribution in [0.3, 0.4) is 0 Å². The molecule has 0 aliphatic carbocycles. The topological polar surface area (TPSA) is 70.5 Å². The Balaban J connectivity index is 1.69. The van der Waals surface area contributed by atoms with Crippen LogP contribution in [0.2, 0.25) is 0 Å². The average Bonchev–Trinajstić information content (AvgIpc) is 3.22. The van der Waals surface area contributed by atoms with Crippen molar-refractivity contribution in [2.75, 3.05) is 13.1 Å². The molecule has 3 rings (SSSR count). The van der Waals surface area contributed by atoms with Gasteiger partial charge < -0.3 is 10.0 Å². The minimum Gasteiger partial charge on any atom is -0.481 e. The smallest absolute Gasteiger partial charge is 0.394 e. The second-order valence-electron chi connectivity index (χ2n) is 6.58. The van der Waals surface area contributed by atoms with Crippen LogP contribution in [-0.2, 0) is 16.0 Å². The number of rotatable bonds is 4. The summed E-state index contributed by atoms with van der Waals surface area (Å²) in [5.74, 6) is -5.76. The first kappa shape index (κ1) is 19.3. The number of likely N-dealkylation sites (tertiary alicyclic amines) is 1. The van der Waals surface area contributed by atoms with E-state index in [1.165, 1.54) is 11.3 Å². The fraction of sp³-hybridized carbons (Fsp3) is 0.389. The number of carboxylic acid groups (broad SMARTS) is 1. The summed E-state index contributed by atoms with van der Waals surface area (Å²) in [7, 11) is 0. The molecule has 1 aliphatic heterocycles. The van der Waals surface area contributed by atoms with E-state index in [-0.39, 0.29) is 6.42 Å². The van der Waals surface area contributed by atoms with Crippen LogP contribution < -0.4 is 0 Å². The number of hydrogen-bond donors (Lipinski definition) is 1. The second kappa shape index (κ2) is 7.30. The van der Waals surface area contributed by atoms with E-state index in [2.05, 4.69) is 4.98 Å². The van der Waals surface area contributed by atoms with E-state index in [4.69, 9.17) is 5.11 Å². The molecule has 0 spiro atoms. The van der Waals surface area contributed by atoms with Gasteiger partial charge in [-0.3, -0.25) is 9.59 Å². The molecule has 1 aromatic heterocycles. The van der Waals surface area contributed by atoms with Gasteiger partial charge in [0, 0.05) is 24.0 Å². The van der Waals surface area contributed by atoms with Gasteiger partial charge in [-0.2, -0.15) is 13.2 Å². The summed E-state index contributed by atoms with van der Waals surface area (Å²) in [6.07, 6.45) is -4.81. The van der Waals surface area contributed by atoms with Crippen molar-refractivity contribution < 1.29 is 27.9 Å². The molecule has 2 aromatic rings. The van der Waals surface area contributed by atoms with Gasteiger partial charge in [0.05, 0.1) is 24.0 Å². The fourth-order valence-corrected chi connectivity index (χ4v) is 3.90. The van der Waals surface area contributed by atoms with Crippen LogP contribution in [0.5, 0.6) is 0 Å². The number of amides is 1. The molecular weight excluding hydrogens is 381 g/mol. The summed E-state index contributed by atoms with van der Waals surface area (Å²) in [4.78, 5) is 28.8. The lowest BCUT2D eigenvalue weighted by Crippen LogP contribution is -2.34. The summed E-state index contributed by atoms with van der Waals surface area (Å²) >= 11 is 1.35. The number of carboxylic acids is 1. The molecule has 1 aromatic carbocycles. The van der Waals surface area contributed by atoms with E-state index >= 15 is 0 Å². The van der Waals surface area contributed by atoms with Crippen molar-refractivity contribution in [3.63, 3.8) is 0 Å². The highest BCUT2D eigenvalue weighted by atomic mass is 32.1. The SMILES string of the molecule is Cc1ccc(-c2nc(CC(=O)N3C[C@@H](C(F)(F)F)[C@H](C(=O)O)C3)cs2)cc1. The van der Waals surface area contributed by atoms with Gasteiger partial charge >= 0.3 is 12.1 Å². The van der Waals surface area contributed by atoms with Crippen molar-refractivity contribution in [1.82, 2.24) is 9.88 Å². The first-order valence-electron chi connectivity index (χ1n) is 8.24. The lowest BCUT2D eigenvalue weighted by atomic mass is 9.96. The zero-order valence-electron chi connectivity index (χ0n) is 14.4. The Morgan fingerprint density at radius 2 is 1.93 bits per heavy atom. The molecule has 1 aliphatic rings. The van der Waals surface area contributed by atoms with Gasteiger partial charge in [0.15, 0.2) is 0 Å². The molecule has 2 heterocycles. The Hall–Kier alpha value is -2.42. The quantitative estimate of drug-likeness (QED) is 0.857. The first-order chi connectivity index (χ1) is 12.6. The molecule has 27 heavy (non-hydrogen) atoms. The third kappa shape index (κ3) is 4.29. The minimum atomic E-state index is -4.66. The van der Waals surface area contributed by atoms with E-state index in [0.717, 1.165) is 21.0 Å². The number of carbonyl (C=O) groups excluding carboxylic acids is 1. The lowest BCUT2D eigenvalue weighted by molar-refractivity contribution is -0.188. The highest BCUT2D eigenvalue weighted by molar-refractivity contribution is 7.13. The van der Waals surface area contributed by atoms with Crippen molar-refractivity contribution in [3.05, 3.63) is 40.9 Å². The Morgan fingerprint density at radius 3 is 2.48 bits per heavy atom. The average molecular weight is 398 g/mol. The van der Waals surface area contributed by atoms with Gasteiger partial charge in [-0.05, 0) is 6.92 Å². The van der Waals surface area contributed by atoms with Gasteiger partial charge in [0.25, 0.3) is 0 Å². The summed E-state index contributed by atoms with van der Waals surface area (Å²) in [6, 6.07) is 7.70. The van der Waals surface area contributed by atoms with Crippen LogP contribution in [0.1, 0.15) is 11.3 Å². The van der Waals surface area contributed by atoms with Crippen molar-refractivity contribution in [1.29, 1.82) is 0 Å². The predicted octanol–water partition coefficient (Wildman–Crippen LogP) is 3.38. The van der Waals surface area contributed by atoms with Gasteiger partial charge in [-0.15, -0.1) is 11.3 Å². The standard InChI is InChI=1S/C18H17F3N2O3S/c1-10-2-4-11(5-3-10)16-22-12(9-27-16)6-15(24)23-7-13(17(25)26)14(8-23)18(19,20)21/h2-5,9,13-14H,6-8H2,1H3,(H,25,26)/t13-,14-/m1/s1. The molecular formula is C18H17F3N2O3S. The number of nitrogens with zero attached hydrogens (tertiary/aromatic N) is 2. The Morgan fingerprint density at radius 1 is 1.26 bits per heavy atom. The Kier molecular flexibility index (Phi) is 5.23. The third-order valence-electron chi connectivity index (χ3n) is 4.59. The molecule has 1 saturated heterocycles. The number of carbonyl (C=O) groups is 2. The molecule has 144 valence electrons. The summed E-state index contributed by atoms with van der Waals surface area (Å²) < 4.78 is 39.1. The van der Waals surface area contributed by atoms with Crippen LogP contribution in [0.15, 0.2) is 29.6 Å². The van der Waals surface area contributed by atoms with E-state index in [1.807, 2.05) is 31.2 Å². The van der Waals surface area contributed by atoms with Crippen molar-refractivity contribution in [3.8, 4) is 10.6 Å². The second-order valence-corrected chi connectivity index (χ2v) is 7.44. The Bertz CT molecular complexity index is 848. The van der Waals surface area contributed by atoms with Crippen molar-refractivity contribution in [2.24, 2.45) is 11.8 Å². The van der Waals surface area contributed by atoms with Gasteiger partial charge in [-0.25, -0.2) is 4.98 Å². The van der Waals surface area contributed by atoms with Gasteiger partial charge in [-0.1, -0.05) is 29.8 Å². The van der Waals surface area contributed by atoms with Crippen LogP contribution >= 0.6 is 11.3 Å². The van der Waals surface area contributed by atoms with E-state index in [1.54, 1.807) is 5.38 Å². The highest BCUT2D eigenvalue weighted by Gasteiger charge is 2.53. The number of aromatic nitrogens is 1. The maximum atomic E-state index is 13.0. The number of aryl methyl sites for hydroxylation is 1.